The van der Waals surface area contributed by atoms with Crippen LogP contribution in [0.1, 0.15) is 35.9 Å². The second kappa shape index (κ2) is 5.74. The maximum Gasteiger partial charge on any atom is 0.324 e. The zero-order valence-corrected chi connectivity index (χ0v) is 13.0. The minimum absolute atomic E-state index is 0.0586. The first-order valence-corrected chi connectivity index (χ1v) is 8.76. The van der Waals surface area contributed by atoms with Crippen LogP contribution < -0.4 is 10.0 Å². The van der Waals surface area contributed by atoms with E-state index in [2.05, 4.69) is 10.0 Å². The van der Waals surface area contributed by atoms with Crippen molar-refractivity contribution in [2.75, 3.05) is 6.54 Å². The number of nitrogens with one attached hydrogen (secondary N) is 2. The van der Waals surface area contributed by atoms with Gasteiger partial charge < -0.3 is 10.4 Å². The number of aliphatic carboxylic acids is 1. The third kappa shape index (κ3) is 3.42. The summed E-state index contributed by atoms with van der Waals surface area (Å²) in [5.74, 6) is -1.51. The molecule has 0 aliphatic heterocycles. The van der Waals surface area contributed by atoms with E-state index >= 15 is 0 Å². The summed E-state index contributed by atoms with van der Waals surface area (Å²) in [5.41, 5.74) is -1.38. The fourth-order valence-corrected chi connectivity index (χ4v) is 4.34. The van der Waals surface area contributed by atoms with E-state index in [9.17, 15) is 18.0 Å². The molecule has 1 aromatic rings. The van der Waals surface area contributed by atoms with Crippen LogP contribution in [-0.2, 0) is 14.8 Å². The van der Waals surface area contributed by atoms with Crippen molar-refractivity contribution in [2.45, 2.75) is 35.9 Å². The van der Waals surface area contributed by atoms with Crippen molar-refractivity contribution < 1.29 is 23.1 Å². The number of hydrogen-bond acceptors (Lipinski definition) is 5. The molecule has 0 bridgehead atoms. The molecule has 1 saturated carbocycles. The molecule has 1 aromatic heterocycles. The van der Waals surface area contributed by atoms with Crippen LogP contribution in [0, 0.1) is 0 Å². The minimum atomic E-state index is -3.93. The standard InChI is InChI=1S/C12H16N2O5S2/c1-2-7-13-10(15)8-3-4-9(20-8)21(18,19)14-12(5-6-12)11(16)17/h3-4,14H,2,5-7H2,1H3,(H,13,15)(H,16,17). The lowest BCUT2D eigenvalue weighted by Crippen LogP contribution is -2.42. The first kappa shape index (κ1) is 15.9. The van der Waals surface area contributed by atoms with Crippen LogP contribution in [-0.4, -0.2) is 37.5 Å². The van der Waals surface area contributed by atoms with Gasteiger partial charge >= 0.3 is 5.97 Å². The molecule has 1 fully saturated rings. The van der Waals surface area contributed by atoms with E-state index in [1.54, 1.807) is 0 Å². The highest BCUT2D eigenvalue weighted by Gasteiger charge is 2.53. The van der Waals surface area contributed by atoms with Crippen molar-refractivity contribution in [3.8, 4) is 0 Å². The Labute approximate surface area is 126 Å². The lowest BCUT2D eigenvalue weighted by molar-refractivity contribution is -0.140. The number of carbonyl (C=O) groups excluding carboxylic acids is 1. The van der Waals surface area contributed by atoms with Crippen LogP contribution in [0.4, 0.5) is 0 Å². The first-order valence-electron chi connectivity index (χ1n) is 6.46. The summed E-state index contributed by atoms with van der Waals surface area (Å²) >= 11 is 0.823. The van der Waals surface area contributed by atoms with Gasteiger partial charge in [0.25, 0.3) is 15.9 Å². The lowest BCUT2D eigenvalue weighted by atomic mass is 10.3. The van der Waals surface area contributed by atoms with Crippen LogP contribution in [0.3, 0.4) is 0 Å². The van der Waals surface area contributed by atoms with Crippen LogP contribution >= 0.6 is 11.3 Å². The number of carboxylic acids is 1. The van der Waals surface area contributed by atoms with Crippen molar-refractivity contribution in [3.63, 3.8) is 0 Å². The van der Waals surface area contributed by atoms with Crippen molar-refractivity contribution in [3.05, 3.63) is 17.0 Å². The summed E-state index contributed by atoms with van der Waals surface area (Å²) in [6, 6.07) is 2.73. The molecular weight excluding hydrogens is 316 g/mol. The van der Waals surface area contributed by atoms with Crippen LogP contribution in [0.5, 0.6) is 0 Å². The van der Waals surface area contributed by atoms with Crippen molar-refractivity contribution >= 4 is 33.2 Å². The number of thiophene rings is 1. The zero-order chi connectivity index (χ0) is 15.7. The molecule has 2 rings (SSSR count). The quantitative estimate of drug-likeness (QED) is 0.683. The molecule has 1 amide bonds. The number of amides is 1. The Bertz CT molecular complexity index is 661. The summed E-state index contributed by atoms with van der Waals surface area (Å²) in [6.07, 6.45) is 1.33. The van der Waals surface area contributed by atoms with Gasteiger partial charge in [0, 0.05) is 6.54 Å². The minimum Gasteiger partial charge on any atom is -0.480 e. The number of rotatable bonds is 7. The van der Waals surface area contributed by atoms with Gasteiger partial charge in [-0.05, 0) is 31.4 Å². The predicted octanol–water partition coefficient (Wildman–Crippen LogP) is 0.783. The van der Waals surface area contributed by atoms with Gasteiger partial charge in [0.2, 0.25) is 0 Å². The molecule has 21 heavy (non-hydrogen) atoms. The predicted molar refractivity (Wildman–Crippen MR) is 76.9 cm³/mol. The van der Waals surface area contributed by atoms with Gasteiger partial charge in [-0.2, -0.15) is 4.72 Å². The Morgan fingerprint density at radius 1 is 1.38 bits per heavy atom. The Balaban J connectivity index is 2.13. The summed E-state index contributed by atoms with van der Waals surface area (Å²) in [4.78, 5) is 23.1. The van der Waals surface area contributed by atoms with Crippen LogP contribution in [0.25, 0.3) is 0 Å². The molecule has 1 aliphatic carbocycles. The molecule has 0 radical (unpaired) electrons. The highest BCUT2D eigenvalue weighted by molar-refractivity contribution is 7.91. The van der Waals surface area contributed by atoms with E-state index < -0.39 is 21.5 Å². The summed E-state index contributed by atoms with van der Waals surface area (Å²) in [5, 5.41) is 11.7. The van der Waals surface area contributed by atoms with E-state index in [1.165, 1.54) is 12.1 Å². The van der Waals surface area contributed by atoms with E-state index in [-0.39, 0.29) is 27.8 Å². The molecule has 0 spiro atoms. The van der Waals surface area contributed by atoms with Gasteiger partial charge in [-0.3, -0.25) is 9.59 Å². The third-order valence-corrected chi connectivity index (χ3v) is 6.21. The summed E-state index contributed by atoms with van der Waals surface area (Å²) in [6.45, 7) is 2.43. The average molecular weight is 332 g/mol. The molecule has 1 aliphatic rings. The molecule has 0 aromatic carbocycles. The molecule has 9 heteroatoms. The SMILES string of the molecule is CCCNC(=O)c1ccc(S(=O)(=O)NC2(C(=O)O)CC2)s1. The van der Waals surface area contributed by atoms with Crippen molar-refractivity contribution in [1.82, 2.24) is 10.0 Å². The van der Waals surface area contributed by atoms with Gasteiger partial charge in [0.15, 0.2) is 0 Å². The molecule has 0 saturated heterocycles. The third-order valence-electron chi connectivity index (χ3n) is 3.09. The topological polar surface area (TPSA) is 113 Å². The van der Waals surface area contributed by atoms with E-state index in [0.717, 1.165) is 17.8 Å². The number of hydrogen-bond donors (Lipinski definition) is 3. The maximum absolute atomic E-state index is 12.1. The average Bonchev–Trinajstić information content (AvgIpc) is 3.01. The molecule has 0 atom stereocenters. The van der Waals surface area contributed by atoms with E-state index in [4.69, 9.17) is 5.11 Å². The molecule has 0 unspecified atom stereocenters. The van der Waals surface area contributed by atoms with Gasteiger partial charge in [-0.25, -0.2) is 8.42 Å². The molecular formula is C12H16N2O5S2. The van der Waals surface area contributed by atoms with Gasteiger partial charge in [0.05, 0.1) is 4.88 Å². The Morgan fingerprint density at radius 3 is 2.57 bits per heavy atom. The zero-order valence-electron chi connectivity index (χ0n) is 11.4. The number of carboxylic acid groups (broad SMARTS) is 1. The van der Waals surface area contributed by atoms with Crippen LogP contribution in [0.15, 0.2) is 16.3 Å². The summed E-state index contributed by atoms with van der Waals surface area (Å²) in [7, 11) is -3.93. The Kier molecular flexibility index (Phi) is 4.35. The van der Waals surface area contributed by atoms with E-state index in [0.29, 0.717) is 6.54 Å². The Hall–Kier alpha value is -1.45. The molecule has 3 N–H and O–H groups in total. The van der Waals surface area contributed by atoms with Gasteiger partial charge in [0.1, 0.15) is 9.75 Å². The smallest absolute Gasteiger partial charge is 0.324 e. The maximum atomic E-state index is 12.1. The number of sulfonamides is 1. The van der Waals surface area contributed by atoms with Gasteiger partial charge in [-0.1, -0.05) is 6.92 Å². The van der Waals surface area contributed by atoms with Crippen molar-refractivity contribution in [2.24, 2.45) is 0 Å². The lowest BCUT2D eigenvalue weighted by Gasteiger charge is -2.11. The first-order chi connectivity index (χ1) is 9.81. The van der Waals surface area contributed by atoms with Crippen molar-refractivity contribution in [1.29, 1.82) is 0 Å². The fourth-order valence-electron chi connectivity index (χ4n) is 1.70. The van der Waals surface area contributed by atoms with Gasteiger partial charge in [-0.15, -0.1) is 11.3 Å². The highest BCUT2D eigenvalue weighted by Crippen LogP contribution is 2.37. The molecule has 116 valence electrons. The second-order valence-electron chi connectivity index (χ2n) is 4.87. The van der Waals surface area contributed by atoms with E-state index in [1.807, 2.05) is 6.92 Å². The fraction of sp³-hybridized carbons (Fsp3) is 0.500. The number of carbonyl (C=O) groups is 2. The molecule has 1 heterocycles. The largest absolute Gasteiger partial charge is 0.480 e. The molecule has 7 nitrogen and oxygen atoms in total. The van der Waals surface area contributed by atoms with Crippen LogP contribution in [0.2, 0.25) is 0 Å². The normalized spacial score (nSPS) is 16.4. The second-order valence-corrected chi connectivity index (χ2v) is 7.86. The summed E-state index contributed by atoms with van der Waals surface area (Å²) < 4.78 is 26.4. The highest BCUT2D eigenvalue weighted by atomic mass is 32.2. The Morgan fingerprint density at radius 2 is 2.05 bits per heavy atom. The monoisotopic (exact) mass is 332 g/mol.